The predicted octanol–water partition coefficient (Wildman–Crippen LogP) is 3.18. The molecule has 2 aromatic rings. The molecule has 4 atom stereocenters. The summed E-state index contributed by atoms with van der Waals surface area (Å²) in [5.41, 5.74) is -0.687. The van der Waals surface area contributed by atoms with Crippen molar-refractivity contribution in [3.63, 3.8) is 0 Å². The van der Waals surface area contributed by atoms with Gasteiger partial charge in [-0.1, -0.05) is 22.1 Å². The Morgan fingerprint density at radius 2 is 1.87 bits per heavy atom. The van der Waals surface area contributed by atoms with Crippen molar-refractivity contribution in [3.8, 4) is 5.75 Å². The summed E-state index contributed by atoms with van der Waals surface area (Å²) >= 11 is 0. The second kappa shape index (κ2) is 13.3. The lowest BCUT2D eigenvalue weighted by atomic mass is 9.98. The molecule has 0 saturated carbocycles. The largest absolute Gasteiger partial charge is 0.488 e. The molecule has 0 radical (unpaired) electrons. The lowest BCUT2D eigenvalue weighted by molar-refractivity contribution is -0.141. The maximum absolute atomic E-state index is 14.9. The van der Waals surface area contributed by atoms with Crippen molar-refractivity contribution in [2.45, 2.75) is 76.3 Å². The zero-order chi connectivity index (χ0) is 33.3. The first-order chi connectivity index (χ1) is 21.0. The van der Waals surface area contributed by atoms with Crippen LogP contribution >= 0.6 is 0 Å². The molecule has 0 spiro atoms. The number of fused-ring (bicyclic) bond motifs is 1. The number of carbonyl (C=O) groups excluding carboxylic acids is 3. The molecule has 1 aliphatic carbocycles. The van der Waals surface area contributed by atoms with Gasteiger partial charge in [-0.2, -0.15) is 21.6 Å². The molecule has 1 fully saturated rings. The summed E-state index contributed by atoms with van der Waals surface area (Å²) in [5.74, 6) is -3.24. The highest BCUT2D eigenvalue weighted by Crippen LogP contribution is 2.38. The molecule has 0 aromatic heterocycles. The maximum Gasteiger partial charge on any atom is 0.488 e. The molecule has 0 bridgehead atoms. The average molecular weight is 661 g/mol. The highest BCUT2D eigenvalue weighted by Gasteiger charge is 2.40. The third-order valence-corrected chi connectivity index (χ3v) is 8.51. The molecule has 4 unspecified atom stereocenters. The molecule has 246 valence electrons. The first-order valence-electron chi connectivity index (χ1n) is 14.2. The summed E-state index contributed by atoms with van der Waals surface area (Å²) in [4.78, 5) is 41.3. The van der Waals surface area contributed by atoms with Crippen LogP contribution in [0.1, 0.15) is 60.0 Å². The number of amides is 3. The third-order valence-electron chi connectivity index (χ3n) is 8.14. The summed E-state index contributed by atoms with van der Waals surface area (Å²) < 4.78 is 94.5. The first kappa shape index (κ1) is 34.1. The summed E-state index contributed by atoms with van der Waals surface area (Å²) in [6, 6.07) is 2.00. The maximum atomic E-state index is 14.9. The van der Waals surface area contributed by atoms with Crippen LogP contribution in [0.2, 0.25) is 0 Å². The molecule has 1 saturated heterocycles. The van der Waals surface area contributed by atoms with E-state index in [4.69, 9.17) is 0 Å². The molecule has 2 aliphatic rings. The van der Waals surface area contributed by atoms with Gasteiger partial charge < -0.3 is 25.0 Å². The topological polar surface area (TPSA) is 134 Å². The number of hydrogen-bond donors (Lipinski definition) is 3. The number of hydrogen-bond acceptors (Lipinski definition) is 7. The fraction of sp³-hybridized carbons (Fsp3) is 0.483. The van der Waals surface area contributed by atoms with Gasteiger partial charge in [-0.15, -0.1) is 0 Å². The standard InChI is InChI=1S/C29H33F5N4O6S/c1-15-12-17(21(30)14-20(15)29(31,32)33)13-23(37-26(39)16(2)35-3)28(41)38-11-5-7-24(38)27(40)36-22-10-9-19-18(22)6-4-8-25(19)44-45(34,42)43/h4,6,8,12,14,16,22-24,35H,5,7,9-11,13H2,1-3H3,(H,36,40)(H,37,39). The minimum atomic E-state index is -5.27. The van der Waals surface area contributed by atoms with Crippen LogP contribution in [0.4, 0.5) is 21.4 Å². The lowest BCUT2D eigenvalue weighted by Crippen LogP contribution is -2.56. The van der Waals surface area contributed by atoms with Crippen LogP contribution in [0.3, 0.4) is 0 Å². The Balaban J connectivity index is 1.56. The van der Waals surface area contributed by atoms with Crippen LogP contribution in [0.25, 0.3) is 0 Å². The van der Waals surface area contributed by atoms with E-state index in [9.17, 15) is 44.2 Å². The summed E-state index contributed by atoms with van der Waals surface area (Å²) in [7, 11) is -3.76. The van der Waals surface area contributed by atoms with Crippen LogP contribution in [0, 0.1) is 12.7 Å². The van der Waals surface area contributed by atoms with Crippen molar-refractivity contribution < 1.29 is 48.4 Å². The van der Waals surface area contributed by atoms with Gasteiger partial charge in [0.15, 0.2) is 0 Å². The number of nitrogens with zero attached hydrogens (tertiary/aromatic N) is 1. The van der Waals surface area contributed by atoms with Crippen molar-refractivity contribution in [1.29, 1.82) is 0 Å². The van der Waals surface area contributed by atoms with E-state index >= 15 is 0 Å². The summed E-state index contributed by atoms with van der Waals surface area (Å²) in [6.07, 6.45) is -3.92. The molecule has 2 aromatic carbocycles. The number of nitrogens with one attached hydrogen (secondary N) is 3. The Kier molecular flexibility index (Phi) is 10.1. The first-order valence-corrected chi connectivity index (χ1v) is 15.5. The highest BCUT2D eigenvalue weighted by molar-refractivity contribution is 7.81. The Labute approximate surface area is 257 Å². The van der Waals surface area contributed by atoms with Crippen LogP contribution in [-0.2, 0) is 43.9 Å². The van der Waals surface area contributed by atoms with Gasteiger partial charge in [0.25, 0.3) is 0 Å². The molecule has 1 aliphatic heterocycles. The van der Waals surface area contributed by atoms with E-state index < -0.39 is 76.4 Å². The number of halogens is 5. The van der Waals surface area contributed by atoms with E-state index in [2.05, 4.69) is 20.1 Å². The number of carbonyl (C=O) groups is 3. The minimum absolute atomic E-state index is 0.132. The van der Waals surface area contributed by atoms with E-state index in [0.717, 1.165) is 13.0 Å². The van der Waals surface area contributed by atoms with Gasteiger partial charge >= 0.3 is 16.7 Å². The lowest BCUT2D eigenvalue weighted by Gasteiger charge is -2.30. The van der Waals surface area contributed by atoms with Gasteiger partial charge in [-0.05, 0) is 75.4 Å². The Hall–Kier alpha value is -3.79. The van der Waals surface area contributed by atoms with Crippen molar-refractivity contribution in [1.82, 2.24) is 20.9 Å². The van der Waals surface area contributed by atoms with Crippen molar-refractivity contribution in [3.05, 3.63) is 64.0 Å². The Morgan fingerprint density at radius 3 is 2.51 bits per heavy atom. The fourth-order valence-corrected chi connectivity index (χ4v) is 6.15. The van der Waals surface area contributed by atoms with Gasteiger partial charge in [-0.25, -0.2) is 4.39 Å². The smallest absolute Gasteiger partial charge is 0.358 e. The second-order valence-corrected chi connectivity index (χ2v) is 12.1. The van der Waals surface area contributed by atoms with Crippen LogP contribution in [0.15, 0.2) is 30.3 Å². The molecule has 16 heteroatoms. The number of rotatable bonds is 10. The number of benzene rings is 2. The molecule has 3 N–H and O–H groups in total. The van der Waals surface area contributed by atoms with Gasteiger partial charge in [-0.3, -0.25) is 14.4 Å². The molecular formula is C29H33F5N4O6S. The van der Waals surface area contributed by atoms with Gasteiger partial charge in [0, 0.05) is 18.5 Å². The predicted molar refractivity (Wildman–Crippen MR) is 151 cm³/mol. The van der Waals surface area contributed by atoms with Gasteiger partial charge in [0.2, 0.25) is 17.7 Å². The molecule has 3 amide bonds. The summed E-state index contributed by atoms with van der Waals surface area (Å²) in [5, 5.41) is 8.11. The number of likely N-dealkylation sites (tertiary alicyclic amines) is 1. The van der Waals surface area contributed by atoms with Crippen molar-refractivity contribution in [2.75, 3.05) is 13.6 Å². The van der Waals surface area contributed by atoms with Crippen molar-refractivity contribution in [2.24, 2.45) is 0 Å². The van der Waals surface area contributed by atoms with E-state index in [1.807, 2.05) is 0 Å². The normalized spacial score (nSPS) is 19.5. The minimum Gasteiger partial charge on any atom is -0.358 e. The quantitative estimate of drug-likeness (QED) is 0.264. The van der Waals surface area contributed by atoms with E-state index in [0.29, 0.717) is 30.0 Å². The van der Waals surface area contributed by atoms with Crippen LogP contribution < -0.4 is 20.1 Å². The summed E-state index contributed by atoms with van der Waals surface area (Å²) in [6.45, 7) is 2.82. The SMILES string of the molecule is CNC(C)C(=O)NC(Cc1cc(C)c(C(F)(F)F)cc1F)C(=O)N1CCCC1C(=O)NC1CCc2c(OS(=O)(=O)F)cccc21. The molecular weight excluding hydrogens is 627 g/mol. The average Bonchev–Trinajstić information content (AvgIpc) is 3.60. The fourth-order valence-electron chi connectivity index (χ4n) is 5.78. The number of likely N-dealkylation sites (N-methyl/N-ethyl adjacent to an activating group) is 1. The van der Waals surface area contributed by atoms with Gasteiger partial charge in [0.1, 0.15) is 23.7 Å². The van der Waals surface area contributed by atoms with E-state index in [1.165, 1.54) is 31.0 Å². The zero-order valence-corrected chi connectivity index (χ0v) is 25.5. The monoisotopic (exact) mass is 660 g/mol. The highest BCUT2D eigenvalue weighted by atomic mass is 32.3. The van der Waals surface area contributed by atoms with E-state index in [1.54, 1.807) is 6.07 Å². The van der Waals surface area contributed by atoms with Crippen LogP contribution in [0.5, 0.6) is 5.75 Å². The Morgan fingerprint density at radius 1 is 1.16 bits per heavy atom. The zero-order valence-electron chi connectivity index (χ0n) is 24.6. The molecule has 45 heavy (non-hydrogen) atoms. The number of alkyl halides is 3. The van der Waals surface area contributed by atoms with Crippen LogP contribution in [-0.4, -0.2) is 62.8 Å². The third kappa shape index (κ3) is 7.90. The molecule has 1 heterocycles. The molecule has 4 rings (SSSR count). The Bertz CT molecular complexity index is 1590. The van der Waals surface area contributed by atoms with Gasteiger partial charge in [0.05, 0.1) is 17.6 Å². The van der Waals surface area contributed by atoms with Crippen molar-refractivity contribution >= 4 is 28.2 Å². The number of aryl methyl sites for hydroxylation is 1. The second-order valence-electron chi connectivity index (χ2n) is 11.1. The van der Waals surface area contributed by atoms with E-state index in [-0.39, 0.29) is 36.3 Å². The molecule has 10 nitrogen and oxygen atoms in total.